The van der Waals surface area contributed by atoms with Crippen molar-refractivity contribution in [2.75, 3.05) is 103 Å². The van der Waals surface area contributed by atoms with Gasteiger partial charge in [0.15, 0.2) is 23.0 Å². The number of nitrogens with zero attached hydrogens (tertiary/aromatic N) is 2. The molecular weight excluding hydrogens is 917 g/mol. The van der Waals surface area contributed by atoms with Crippen molar-refractivity contribution >= 4 is 11.9 Å². The van der Waals surface area contributed by atoms with Crippen LogP contribution in [0, 0.1) is 0 Å². The fourth-order valence-electron chi connectivity index (χ4n) is 10.8. The molecule has 0 saturated carbocycles. The maximum Gasteiger partial charge on any atom is 0.331 e. The van der Waals surface area contributed by atoms with Gasteiger partial charge in [-0.1, -0.05) is 6.07 Å². The van der Waals surface area contributed by atoms with E-state index in [0.29, 0.717) is 117 Å². The molecule has 0 amide bonds. The van der Waals surface area contributed by atoms with Crippen LogP contribution < -0.4 is 33.2 Å². The molecule has 0 aliphatic carbocycles. The van der Waals surface area contributed by atoms with E-state index in [1.165, 1.54) is 0 Å². The van der Waals surface area contributed by atoms with Crippen LogP contribution in [0.25, 0.3) is 0 Å². The molecule has 0 spiro atoms. The van der Waals surface area contributed by atoms with Crippen molar-refractivity contribution < 1.29 is 81.6 Å². The summed E-state index contributed by atoms with van der Waals surface area (Å²) in [6.07, 6.45) is 5.11. The highest BCUT2D eigenvalue weighted by atomic mass is 16.5. The third-order valence-electron chi connectivity index (χ3n) is 14.3. The Morgan fingerprint density at radius 3 is 1.66 bits per heavy atom. The second-order valence-electron chi connectivity index (χ2n) is 18.4. The third-order valence-corrected chi connectivity index (χ3v) is 14.3. The lowest BCUT2D eigenvalue weighted by Gasteiger charge is -2.46. The molecule has 0 radical (unpaired) electrons. The lowest BCUT2D eigenvalue weighted by molar-refractivity contribution is -0.941. The number of methoxy groups -OCH3 is 7. The van der Waals surface area contributed by atoms with Gasteiger partial charge in [-0.15, -0.1) is 0 Å². The number of hydrogen-bond donors (Lipinski definition) is 4. The largest absolute Gasteiger partial charge is 0.496 e. The molecule has 17 nitrogen and oxygen atoms in total. The second kappa shape index (κ2) is 24.4. The Hall–Kier alpha value is -6.08. The van der Waals surface area contributed by atoms with E-state index in [2.05, 4.69) is 14.1 Å². The molecule has 4 N–H and O–H groups in total. The van der Waals surface area contributed by atoms with Crippen molar-refractivity contribution in [3.8, 4) is 40.2 Å². The van der Waals surface area contributed by atoms with Gasteiger partial charge in [-0.05, 0) is 58.7 Å². The maximum absolute atomic E-state index is 12.9. The zero-order valence-electron chi connectivity index (χ0n) is 42.6. The highest BCUT2D eigenvalue weighted by Gasteiger charge is 2.45. The quantitative estimate of drug-likeness (QED) is 0.0309. The van der Waals surface area contributed by atoms with Crippen molar-refractivity contribution in [2.24, 2.45) is 0 Å². The number of quaternary nitrogens is 2. The van der Waals surface area contributed by atoms with E-state index in [1.807, 2.05) is 42.5 Å². The molecule has 17 heteroatoms. The van der Waals surface area contributed by atoms with Gasteiger partial charge in [0.25, 0.3) is 0 Å². The Bertz CT molecular complexity index is 2520. The number of benzene rings is 4. The van der Waals surface area contributed by atoms with Gasteiger partial charge in [0, 0.05) is 66.5 Å². The number of carbonyl (C=O) groups excluding carboxylic acids is 2. The number of esters is 2. The van der Waals surface area contributed by atoms with E-state index < -0.39 is 11.9 Å². The van der Waals surface area contributed by atoms with E-state index in [1.54, 1.807) is 49.8 Å². The fourth-order valence-corrected chi connectivity index (χ4v) is 10.8. The molecule has 4 aromatic rings. The summed E-state index contributed by atoms with van der Waals surface area (Å²) in [7, 11) is 15.3. The molecule has 0 fully saturated rings. The Balaban J connectivity index is 1.10. The fraction of sp³-hybridized carbons (Fsp3) is 0.481. The lowest BCUT2D eigenvalue weighted by atomic mass is 9.82. The molecule has 4 aromatic carbocycles. The molecule has 2 aliphatic rings. The minimum Gasteiger partial charge on any atom is -0.496 e. The summed E-state index contributed by atoms with van der Waals surface area (Å²) < 4.78 is 52.6. The van der Waals surface area contributed by atoms with E-state index >= 15 is 0 Å². The van der Waals surface area contributed by atoms with Gasteiger partial charge in [-0.2, -0.15) is 0 Å². The van der Waals surface area contributed by atoms with Crippen LogP contribution in [0.5, 0.6) is 40.2 Å². The predicted molar refractivity (Wildman–Crippen MR) is 263 cm³/mol. The van der Waals surface area contributed by atoms with E-state index in [-0.39, 0.29) is 51.7 Å². The minimum absolute atomic E-state index is 0.0907. The first-order valence-electron chi connectivity index (χ1n) is 23.8. The summed E-state index contributed by atoms with van der Waals surface area (Å²) in [6.45, 7) is 1.85. The van der Waals surface area contributed by atoms with Gasteiger partial charge in [0.1, 0.15) is 23.6 Å². The number of likely N-dealkylation sites (N-methyl/N-ethyl adjacent to an activating group) is 2. The van der Waals surface area contributed by atoms with Gasteiger partial charge in [-0.3, -0.25) is 0 Å². The standard InChI is InChI=1S/C54H72N2O15/c1-55(20-16-36-29-45(65-5)53(68-8)54(69-9)48(36)42(55)25-34-24-40(32-59)51(66-6)44(26-34)64-4)18-10-22-70-46(61)14-15-47(62)71-23-11-19-56(2)21-17-35-27-38(30-57)41(33-60)52(67-7)49(35)50(56)37-12-13-43(63-3)39(28-37)31-58/h12-15,24,26-29,42,50,57-60H,10-11,16-23,25,30-33H2,1-9H3/q+2/b15-14-. The van der Waals surface area contributed by atoms with Gasteiger partial charge < -0.3 is 72.0 Å². The molecule has 4 atom stereocenters. The van der Waals surface area contributed by atoms with Gasteiger partial charge in [0.05, 0.1) is 141 Å². The second-order valence-corrected chi connectivity index (χ2v) is 18.4. The molecule has 2 aliphatic heterocycles. The summed E-state index contributed by atoms with van der Waals surface area (Å²) >= 11 is 0. The number of aliphatic hydroxyl groups is 4. The lowest BCUT2D eigenvalue weighted by Crippen LogP contribution is -2.53. The van der Waals surface area contributed by atoms with Gasteiger partial charge in [0.2, 0.25) is 5.75 Å². The van der Waals surface area contributed by atoms with Crippen LogP contribution in [-0.2, 0) is 64.8 Å². The first-order chi connectivity index (χ1) is 34.2. The van der Waals surface area contributed by atoms with Gasteiger partial charge in [-0.25, -0.2) is 9.59 Å². The SMILES string of the molecule is COc1ccc(C2c3c(cc(CO)c(CO)c3OC)CC[N+]2(C)CCCOC(=O)/C=C\C(=O)OCCC[N+]2(C)CCc3cc(OC)c(OC)c(OC)c3C2Cc2cc(CO)c(OC)c(OC)c2)cc1CO. The number of rotatable bonds is 24. The first-order valence-corrected chi connectivity index (χ1v) is 23.8. The van der Waals surface area contributed by atoms with E-state index in [4.69, 9.17) is 42.6 Å². The van der Waals surface area contributed by atoms with Crippen LogP contribution in [0.1, 0.15) is 80.6 Å². The number of carbonyl (C=O) groups is 2. The van der Waals surface area contributed by atoms with Crippen molar-refractivity contribution in [3.63, 3.8) is 0 Å². The van der Waals surface area contributed by atoms with E-state index in [9.17, 15) is 30.0 Å². The molecule has 0 bridgehead atoms. The Morgan fingerprint density at radius 1 is 0.563 bits per heavy atom. The van der Waals surface area contributed by atoms with Crippen LogP contribution in [0.2, 0.25) is 0 Å². The number of ether oxygens (including phenoxy) is 9. The summed E-state index contributed by atoms with van der Waals surface area (Å²) in [4.78, 5) is 25.9. The Kier molecular flexibility index (Phi) is 18.6. The average Bonchev–Trinajstić information content (AvgIpc) is 3.39. The zero-order valence-corrected chi connectivity index (χ0v) is 42.6. The summed E-state index contributed by atoms with van der Waals surface area (Å²) in [6, 6.07) is 13.0. The highest BCUT2D eigenvalue weighted by Crippen LogP contribution is 2.51. The summed E-state index contributed by atoms with van der Waals surface area (Å²) in [5, 5.41) is 41.1. The predicted octanol–water partition coefficient (Wildman–Crippen LogP) is 5.22. The number of fused-ring (bicyclic) bond motifs is 2. The zero-order chi connectivity index (χ0) is 51.5. The summed E-state index contributed by atoms with van der Waals surface area (Å²) in [5.41, 5.74) is 8.12. The van der Waals surface area contributed by atoms with Gasteiger partial charge >= 0.3 is 11.9 Å². The van der Waals surface area contributed by atoms with Crippen molar-refractivity contribution in [3.05, 3.63) is 110 Å². The van der Waals surface area contributed by atoms with Crippen LogP contribution in [-0.4, -0.2) is 145 Å². The molecule has 2 heterocycles. The molecule has 71 heavy (non-hydrogen) atoms. The minimum atomic E-state index is -0.674. The van der Waals surface area contributed by atoms with Crippen LogP contribution >= 0.6 is 0 Å². The van der Waals surface area contributed by atoms with Crippen molar-refractivity contribution in [2.45, 2.75) is 70.6 Å². The molecule has 0 aromatic heterocycles. The van der Waals surface area contributed by atoms with Crippen LogP contribution in [0.3, 0.4) is 0 Å². The van der Waals surface area contributed by atoms with Crippen LogP contribution in [0.4, 0.5) is 0 Å². The molecule has 0 saturated heterocycles. The molecule has 386 valence electrons. The maximum atomic E-state index is 12.9. The monoisotopic (exact) mass is 988 g/mol. The summed E-state index contributed by atoms with van der Waals surface area (Å²) in [5.74, 6) is 2.37. The number of hydrogen-bond acceptors (Lipinski definition) is 15. The van der Waals surface area contributed by atoms with Crippen molar-refractivity contribution in [1.29, 1.82) is 0 Å². The molecular formula is C54H72N2O15+2. The first kappa shape index (κ1) is 54.3. The van der Waals surface area contributed by atoms with Crippen molar-refractivity contribution in [1.82, 2.24) is 0 Å². The van der Waals surface area contributed by atoms with E-state index in [0.717, 1.165) is 58.5 Å². The smallest absolute Gasteiger partial charge is 0.331 e. The average molecular weight is 989 g/mol. The Morgan fingerprint density at radius 2 is 1.11 bits per heavy atom. The Labute approximate surface area is 416 Å². The topological polar surface area (TPSA) is 198 Å². The highest BCUT2D eigenvalue weighted by molar-refractivity contribution is 5.91. The normalized spacial score (nSPS) is 19.3. The van der Waals surface area contributed by atoms with Crippen LogP contribution in [0.15, 0.2) is 54.6 Å². The number of aliphatic hydroxyl groups excluding tert-OH is 4. The third kappa shape index (κ3) is 11.5. The molecule has 4 unspecified atom stereocenters. The molecule has 6 rings (SSSR count).